The smallest absolute Gasteiger partial charge is 0.342 e. The third kappa shape index (κ3) is 3.61. The van der Waals surface area contributed by atoms with E-state index in [-0.39, 0.29) is 11.3 Å². The summed E-state index contributed by atoms with van der Waals surface area (Å²) in [5.41, 5.74) is 1.66. The van der Waals surface area contributed by atoms with Crippen molar-refractivity contribution >= 4 is 54.1 Å². The van der Waals surface area contributed by atoms with Crippen molar-refractivity contribution in [2.24, 2.45) is 0 Å². The highest BCUT2D eigenvalue weighted by atomic mass is 79.9. The lowest BCUT2D eigenvalue weighted by atomic mass is 10.1. The Labute approximate surface area is 158 Å². The summed E-state index contributed by atoms with van der Waals surface area (Å²) < 4.78 is 39.3. The van der Waals surface area contributed by atoms with E-state index >= 15 is 0 Å². The number of methoxy groups -OCH3 is 1. The highest BCUT2D eigenvalue weighted by Gasteiger charge is 2.24. The number of nitrogens with one attached hydrogen (secondary N) is 1. The van der Waals surface area contributed by atoms with Crippen molar-refractivity contribution in [1.82, 2.24) is 0 Å². The van der Waals surface area contributed by atoms with Crippen molar-refractivity contribution < 1.29 is 22.5 Å². The van der Waals surface area contributed by atoms with E-state index in [0.717, 1.165) is 0 Å². The lowest BCUT2D eigenvalue weighted by Crippen LogP contribution is -2.09. The van der Waals surface area contributed by atoms with Gasteiger partial charge < -0.3 is 13.9 Å². The molecule has 0 bridgehead atoms. The summed E-state index contributed by atoms with van der Waals surface area (Å²) in [6.07, 6.45) is 1.47. The predicted molar refractivity (Wildman–Crippen MR) is 105 cm³/mol. The van der Waals surface area contributed by atoms with E-state index in [2.05, 4.69) is 26.5 Å². The number of benzene rings is 2. The average molecular weight is 440 g/mol. The van der Waals surface area contributed by atoms with Crippen LogP contribution in [0.1, 0.15) is 10.4 Å². The number of carbonyl (C=O) groups excluding carboxylic acids is 1. The first-order chi connectivity index (χ1) is 12.2. The number of carbonyl (C=O) groups is 1. The van der Waals surface area contributed by atoms with Crippen LogP contribution in [0.15, 0.2) is 45.3 Å². The van der Waals surface area contributed by atoms with E-state index in [4.69, 9.17) is 9.15 Å². The summed E-state index contributed by atoms with van der Waals surface area (Å²) in [7, 11) is -1.23. The zero-order chi connectivity index (χ0) is 19.1. The van der Waals surface area contributed by atoms with Crippen molar-refractivity contribution in [2.45, 2.75) is 0 Å². The highest BCUT2D eigenvalue weighted by Crippen LogP contribution is 2.38. The van der Waals surface area contributed by atoms with Gasteiger partial charge in [0.2, 0.25) is 0 Å². The van der Waals surface area contributed by atoms with Crippen molar-refractivity contribution in [3.05, 3.63) is 52.3 Å². The second kappa shape index (κ2) is 6.77. The molecular formula is C18H15BrFNO4S. The number of halogens is 2. The molecule has 0 spiro atoms. The SMILES string of the molecule is C=S(C)(=O)Nc1cc2oc(-c3ccc(F)cc3)c(C(=O)OC)c2cc1Br. The maximum absolute atomic E-state index is 13.2. The molecule has 8 heteroatoms. The number of fused-ring (bicyclic) bond motifs is 1. The van der Waals surface area contributed by atoms with Gasteiger partial charge in [0.25, 0.3) is 0 Å². The lowest BCUT2D eigenvalue weighted by Gasteiger charge is -2.09. The Kier molecular flexibility index (Phi) is 4.81. The maximum Gasteiger partial charge on any atom is 0.342 e. The minimum absolute atomic E-state index is 0.230. The molecule has 0 amide bonds. The quantitative estimate of drug-likeness (QED) is 0.481. The topological polar surface area (TPSA) is 68.5 Å². The molecule has 0 fully saturated rings. The Morgan fingerprint density at radius 3 is 2.54 bits per heavy atom. The van der Waals surface area contributed by atoms with Gasteiger partial charge in [-0.2, -0.15) is 0 Å². The Balaban J connectivity index is 2.27. The van der Waals surface area contributed by atoms with Crippen LogP contribution in [0.25, 0.3) is 22.3 Å². The molecule has 2 aromatic carbocycles. The van der Waals surface area contributed by atoms with E-state index in [1.807, 2.05) is 0 Å². The van der Waals surface area contributed by atoms with Crippen LogP contribution in [0.5, 0.6) is 0 Å². The van der Waals surface area contributed by atoms with Gasteiger partial charge in [0.1, 0.15) is 22.7 Å². The van der Waals surface area contributed by atoms with Gasteiger partial charge in [-0.3, -0.25) is 0 Å². The molecule has 1 heterocycles. The molecule has 0 radical (unpaired) electrons. The van der Waals surface area contributed by atoms with Gasteiger partial charge in [-0.05, 0) is 52.1 Å². The Hall–Kier alpha value is -2.32. The first kappa shape index (κ1) is 18.5. The molecule has 3 aromatic rings. The summed E-state index contributed by atoms with van der Waals surface area (Å²) in [6, 6.07) is 8.88. The maximum atomic E-state index is 13.2. The van der Waals surface area contributed by atoms with Crippen LogP contribution in [0.2, 0.25) is 0 Å². The van der Waals surface area contributed by atoms with Gasteiger partial charge >= 0.3 is 5.97 Å². The molecule has 0 aliphatic rings. The van der Waals surface area contributed by atoms with Crippen LogP contribution in [0.4, 0.5) is 10.1 Å². The summed E-state index contributed by atoms with van der Waals surface area (Å²) in [5.74, 6) is 2.86. The van der Waals surface area contributed by atoms with Gasteiger partial charge in [0, 0.05) is 37.5 Å². The van der Waals surface area contributed by atoms with Crippen LogP contribution in [0, 0.1) is 5.82 Å². The first-order valence-electron chi connectivity index (χ1n) is 7.40. The van der Waals surface area contributed by atoms with Gasteiger partial charge in [-0.1, -0.05) is 0 Å². The van der Waals surface area contributed by atoms with Crippen LogP contribution in [-0.4, -0.2) is 29.4 Å². The molecular weight excluding hydrogens is 425 g/mol. The molecule has 1 N–H and O–H groups in total. The van der Waals surface area contributed by atoms with Gasteiger partial charge in [0.15, 0.2) is 0 Å². The predicted octanol–water partition coefficient (Wildman–Crippen LogP) is 4.46. The van der Waals surface area contributed by atoms with Crippen molar-refractivity contribution in [1.29, 1.82) is 0 Å². The van der Waals surface area contributed by atoms with Crippen molar-refractivity contribution in [3.63, 3.8) is 0 Å². The van der Waals surface area contributed by atoms with Crippen molar-refractivity contribution in [2.75, 3.05) is 18.1 Å². The summed E-state index contributed by atoms with van der Waals surface area (Å²) in [5, 5.41) is 0.514. The second-order valence-electron chi connectivity index (χ2n) is 5.74. The molecule has 1 atom stereocenters. The minimum Gasteiger partial charge on any atom is -0.465 e. The Bertz CT molecular complexity index is 1100. The lowest BCUT2D eigenvalue weighted by molar-refractivity contribution is 0.0603. The zero-order valence-electron chi connectivity index (χ0n) is 14.0. The average Bonchev–Trinajstić information content (AvgIpc) is 2.92. The van der Waals surface area contributed by atoms with E-state index in [1.165, 1.54) is 37.6 Å². The van der Waals surface area contributed by atoms with Crippen LogP contribution in [-0.2, 0) is 14.4 Å². The molecule has 0 saturated heterocycles. The number of esters is 1. The fourth-order valence-corrected chi connectivity index (χ4v) is 3.74. The molecule has 0 saturated carbocycles. The third-order valence-corrected chi connectivity index (χ3v) is 4.91. The fraction of sp³-hybridized carbons (Fsp3) is 0.111. The van der Waals surface area contributed by atoms with E-state index in [0.29, 0.717) is 26.7 Å². The second-order valence-corrected chi connectivity index (χ2v) is 8.81. The van der Waals surface area contributed by atoms with E-state index in [9.17, 15) is 13.4 Å². The third-order valence-electron chi connectivity index (χ3n) is 3.60. The van der Waals surface area contributed by atoms with Crippen molar-refractivity contribution in [3.8, 4) is 11.3 Å². The molecule has 3 rings (SSSR count). The monoisotopic (exact) mass is 439 g/mol. The number of furan rings is 1. The van der Waals surface area contributed by atoms with Crippen LogP contribution >= 0.6 is 15.9 Å². The molecule has 0 aliphatic heterocycles. The standard InChI is InChI=1S/C18H15BrFNO4S/c1-24-18(22)16-12-8-13(19)14(21-26(2,3)23)9-15(12)25-17(16)10-4-6-11(20)7-5-10/h4-9H,2H2,1,3H3,(H,21,23). The summed E-state index contributed by atoms with van der Waals surface area (Å²) >= 11 is 3.39. The Morgan fingerprint density at radius 2 is 1.96 bits per heavy atom. The number of rotatable bonds is 4. The molecule has 26 heavy (non-hydrogen) atoms. The first-order valence-corrected chi connectivity index (χ1v) is 10.3. The molecule has 5 nitrogen and oxygen atoms in total. The Morgan fingerprint density at radius 1 is 1.31 bits per heavy atom. The van der Waals surface area contributed by atoms with Crippen LogP contribution in [0.3, 0.4) is 0 Å². The van der Waals surface area contributed by atoms with Gasteiger partial charge in [-0.25, -0.2) is 13.4 Å². The molecule has 1 unspecified atom stereocenters. The largest absolute Gasteiger partial charge is 0.465 e. The van der Waals surface area contributed by atoms with Gasteiger partial charge in [0.05, 0.1) is 12.8 Å². The molecule has 0 aliphatic carbocycles. The molecule has 1 aromatic heterocycles. The highest BCUT2D eigenvalue weighted by molar-refractivity contribution is 9.10. The normalized spacial score (nSPS) is 13.4. The minimum atomic E-state index is -2.50. The summed E-state index contributed by atoms with van der Waals surface area (Å²) in [6.45, 7) is 0. The van der Waals surface area contributed by atoms with Gasteiger partial charge in [-0.15, -0.1) is 0 Å². The number of hydrogen-bond donors (Lipinski definition) is 1. The van der Waals surface area contributed by atoms with Crippen LogP contribution < -0.4 is 4.72 Å². The number of anilines is 1. The molecule has 136 valence electrons. The van der Waals surface area contributed by atoms with E-state index in [1.54, 1.807) is 12.1 Å². The van der Waals surface area contributed by atoms with E-state index < -0.39 is 21.5 Å². The fourth-order valence-electron chi connectivity index (χ4n) is 2.54. The summed E-state index contributed by atoms with van der Waals surface area (Å²) in [4.78, 5) is 12.3. The number of hydrogen-bond acceptors (Lipinski definition) is 4. The zero-order valence-corrected chi connectivity index (χ0v) is 16.4. The number of ether oxygens (including phenoxy) is 1.